The minimum atomic E-state index is -0.962. The fourth-order valence-electron chi connectivity index (χ4n) is 0.907. The Morgan fingerprint density at radius 1 is 1.40 bits per heavy atom. The van der Waals surface area contributed by atoms with Gasteiger partial charge in [0.05, 0.1) is 7.11 Å². The van der Waals surface area contributed by atoms with Gasteiger partial charge in [-0.15, -0.1) is 0 Å². The van der Waals surface area contributed by atoms with Crippen molar-refractivity contribution in [2.24, 2.45) is 0 Å². The molecule has 1 rings (SSSR count). The van der Waals surface area contributed by atoms with Gasteiger partial charge in [0.2, 0.25) is 0 Å². The summed E-state index contributed by atoms with van der Waals surface area (Å²) in [5.41, 5.74) is 5.12. The van der Waals surface area contributed by atoms with E-state index < -0.39 is 30.0 Å². The predicted molar refractivity (Wildman–Crippen MR) is 48.3 cm³/mol. The van der Waals surface area contributed by atoms with Gasteiger partial charge in [0, 0.05) is 17.8 Å². The van der Waals surface area contributed by atoms with Crippen molar-refractivity contribution in [2.75, 3.05) is 19.5 Å². The third-order valence-corrected chi connectivity index (χ3v) is 1.58. The third-order valence-electron chi connectivity index (χ3n) is 1.58. The summed E-state index contributed by atoms with van der Waals surface area (Å²) in [4.78, 5) is 10.7. The van der Waals surface area contributed by atoms with Gasteiger partial charge in [-0.3, -0.25) is 0 Å². The summed E-state index contributed by atoms with van der Waals surface area (Å²) in [5.74, 6) is -3.30. The number of rotatable bonds is 3. The lowest BCUT2D eigenvalue weighted by Crippen LogP contribution is -2.14. The largest absolute Gasteiger partial charge is 0.476 e. The van der Waals surface area contributed by atoms with Crippen LogP contribution in [-0.4, -0.2) is 19.7 Å². The first-order valence-electron chi connectivity index (χ1n) is 3.98. The van der Waals surface area contributed by atoms with Crippen LogP contribution < -0.4 is 10.5 Å². The van der Waals surface area contributed by atoms with Gasteiger partial charge in [0.15, 0.2) is 24.0 Å². The summed E-state index contributed by atoms with van der Waals surface area (Å²) in [5, 5.41) is 0. The van der Waals surface area contributed by atoms with Crippen LogP contribution in [0.1, 0.15) is 0 Å². The van der Waals surface area contributed by atoms with Crippen molar-refractivity contribution < 1.29 is 23.0 Å². The maximum atomic E-state index is 13.1. The van der Waals surface area contributed by atoms with E-state index in [1.807, 2.05) is 0 Å². The number of esters is 1. The number of carbonyl (C=O) groups is 1. The molecule has 1 aromatic rings. The lowest BCUT2D eigenvalue weighted by molar-refractivity contribution is -0.143. The van der Waals surface area contributed by atoms with E-state index in [0.717, 1.165) is 19.2 Å². The van der Waals surface area contributed by atoms with E-state index >= 15 is 0 Å². The van der Waals surface area contributed by atoms with Crippen molar-refractivity contribution in [1.29, 1.82) is 0 Å². The summed E-state index contributed by atoms with van der Waals surface area (Å²) in [6.45, 7) is -0.561. The molecule has 0 heterocycles. The molecule has 1 aromatic carbocycles. The van der Waals surface area contributed by atoms with Crippen LogP contribution in [-0.2, 0) is 9.53 Å². The van der Waals surface area contributed by atoms with E-state index in [1.54, 1.807) is 0 Å². The first kappa shape index (κ1) is 11.2. The molecule has 2 N–H and O–H groups in total. The highest BCUT2D eigenvalue weighted by molar-refractivity contribution is 5.70. The summed E-state index contributed by atoms with van der Waals surface area (Å²) in [7, 11) is 1.14. The maximum absolute atomic E-state index is 13.1. The number of nitrogen functional groups attached to an aromatic ring is 1. The van der Waals surface area contributed by atoms with Crippen molar-refractivity contribution >= 4 is 11.7 Å². The zero-order valence-electron chi connectivity index (χ0n) is 7.92. The zero-order valence-corrected chi connectivity index (χ0v) is 7.92. The second-order valence-corrected chi connectivity index (χ2v) is 2.68. The predicted octanol–water partition coefficient (Wildman–Crippen LogP) is 1.10. The van der Waals surface area contributed by atoms with Crippen molar-refractivity contribution in [1.82, 2.24) is 0 Å². The van der Waals surface area contributed by atoms with Gasteiger partial charge in [0.1, 0.15) is 0 Å². The second kappa shape index (κ2) is 4.59. The summed E-state index contributed by atoms with van der Waals surface area (Å²) in [6.07, 6.45) is 0. The van der Waals surface area contributed by atoms with E-state index in [4.69, 9.17) is 5.73 Å². The molecular weight excluding hydrogens is 208 g/mol. The minimum Gasteiger partial charge on any atom is -0.476 e. The number of carbonyl (C=O) groups excluding carboxylic acids is 1. The number of halogens is 2. The Labute approximate surface area is 84.6 Å². The standard InChI is InChI=1S/C9H9F2NO3/c1-14-8(13)4-15-9-6(10)2-5(12)3-7(9)11/h2-3H,4,12H2,1H3. The molecule has 0 amide bonds. The van der Waals surface area contributed by atoms with E-state index in [2.05, 4.69) is 9.47 Å². The smallest absolute Gasteiger partial charge is 0.343 e. The molecule has 0 bridgehead atoms. The van der Waals surface area contributed by atoms with Crippen molar-refractivity contribution in [3.8, 4) is 5.75 Å². The number of hydrogen-bond donors (Lipinski definition) is 1. The summed E-state index contributed by atoms with van der Waals surface area (Å²) in [6, 6.07) is 1.80. The average molecular weight is 217 g/mol. The molecule has 0 saturated heterocycles. The first-order valence-corrected chi connectivity index (χ1v) is 3.98. The number of methoxy groups -OCH3 is 1. The highest BCUT2D eigenvalue weighted by Gasteiger charge is 2.13. The van der Waals surface area contributed by atoms with Crippen LogP contribution in [0.3, 0.4) is 0 Å². The molecule has 0 spiro atoms. The lowest BCUT2D eigenvalue weighted by atomic mass is 10.3. The van der Waals surface area contributed by atoms with Crippen LogP contribution in [0, 0.1) is 11.6 Å². The molecule has 0 unspecified atom stereocenters. The lowest BCUT2D eigenvalue weighted by Gasteiger charge is -2.07. The number of hydrogen-bond acceptors (Lipinski definition) is 4. The molecule has 0 atom stereocenters. The summed E-state index contributed by atoms with van der Waals surface area (Å²) < 4.78 is 35.0. The molecule has 4 nitrogen and oxygen atoms in total. The molecular formula is C9H9F2NO3. The van der Waals surface area contributed by atoms with Crippen LogP contribution in [0.25, 0.3) is 0 Å². The van der Waals surface area contributed by atoms with Crippen LogP contribution in [0.4, 0.5) is 14.5 Å². The molecule has 0 fully saturated rings. The molecule has 82 valence electrons. The Hall–Kier alpha value is -1.85. The Balaban J connectivity index is 2.81. The Kier molecular flexibility index (Phi) is 3.43. The van der Waals surface area contributed by atoms with E-state index in [-0.39, 0.29) is 5.69 Å². The monoisotopic (exact) mass is 217 g/mol. The van der Waals surface area contributed by atoms with E-state index in [9.17, 15) is 13.6 Å². The van der Waals surface area contributed by atoms with Gasteiger partial charge in [-0.25, -0.2) is 13.6 Å². The molecule has 15 heavy (non-hydrogen) atoms. The second-order valence-electron chi connectivity index (χ2n) is 2.68. The van der Waals surface area contributed by atoms with Crippen molar-refractivity contribution in [2.45, 2.75) is 0 Å². The van der Waals surface area contributed by atoms with E-state index in [1.165, 1.54) is 0 Å². The highest BCUT2D eigenvalue weighted by atomic mass is 19.1. The van der Waals surface area contributed by atoms with Crippen LogP contribution in [0.2, 0.25) is 0 Å². The average Bonchev–Trinajstić information content (AvgIpc) is 2.15. The van der Waals surface area contributed by atoms with Gasteiger partial charge >= 0.3 is 5.97 Å². The number of anilines is 1. The third kappa shape index (κ3) is 2.80. The topological polar surface area (TPSA) is 61.5 Å². The van der Waals surface area contributed by atoms with Crippen LogP contribution in [0.5, 0.6) is 5.75 Å². The summed E-state index contributed by atoms with van der Waals surface area (Å²) >= 11 is 0. The van der Waals surface area contributed by atoms with Crippen LogP contribution >= 0.6 is 0 Å². The molecule has 0 aliphatic heterocycles. The Bertz CT molecular complexity index is 359. The van der Waals surface area contributed by atoms with E-state index in [0.29, 0.717) is 0 Å². The Morgan fingerprint density at radius 3 is 2.40 bits per heavy atom. The normalized spacial score (nSPS) is 9.80. The van der Waals surface area contributed by atoms with Gasteiger partial charge in [-0.1, -0.05) is 0 Å². The number of nitrogens with two attached hydrogens (primary N) is 1. The quantitative estimate of drug-likeness (QED) is 0.608. The fourth-order valence-corrected chi connectivity index (χ4v) is 0.907. The number of ether oxygens (including phenoxy) is 2. The van der Waals surface area contributed by atoms with Gasteiger partial charge in [0.25, 0.3) is 0 Å². The number of benzene rings is 1. The molecule has 0 aliphatic rings. The van der Waals surface area contributed by atoms with Gasteiger partial charge in [-0.2, -0.15) is 0 Å². The van der Waals surface area contributed by atoms with Crippen LogP contribution in [0.15, 0.2) is 12.1 Å². The fraction of sp³-hybridized carbons (Fsp3) is 0.222. The molecule has 0 aliphatic carbocycles. The first-order chi connectivity index (χ1) is 7.04. The SMILES string of the molecule is COC(=O)COc1c(F)cc(N)cc1F. The van der Waals surface area contributed by atoms with Crippen molar-refractivity contribution in [3.05, 3.63) is 23.8 Å². The minimum absolute atomic E-state index is 0.0598. The highest BCUT2D eigenvalue weighted by Crippen LogP contribution is 2.24. The molecule has 6 heteroatoms. The molecule has 0 saturated carbocycles. The van der Waals surface area contributed by atoms with Crippen molar-refractivity contribution in [3.63, 3.8) is 0 Å². The molecule has 0 radical (unpaired) electrons. The Morgan fingerprint density at radius 2 is 1.93 bits per heavy atom. The maximum Gasteiger partial charge on any atom is 0.343 e. The molecule has 0 aromatic heterocycles. The van der Waals surface area contributed by atoms with Gasteiger partial charge < -0.3 is 15.2 Å². The van der Waals surface area contributed by atoms with Gasteiger partial charge in [-0.05, 0) is 0 Å². The zero-order chi connectivity index (χ0) is 11.4.